The number of hydrogen-bond acceptors (Lipinski definition) is 7. The standard InChI is InChI=1S/C17H19NO6/c1-21-13-6-5-10(7-14(13)22-2)15-11(16(19)23-3)8-18-9-12(15)17(20)24-4/h5-9,11,15H,1-4H3. The van der Waals surface area contributed by atoms with E-state index >= 15 is 0 Å². The van der Waals surface area contributed by atoms with E-state index in [4.69, 9.17) is 18.9 Å². The summed E-state index contributed by atoms with van der Waals surface area (Å²) >= 11 is 0. The molecule has 2 rings (SSSR count). The van der Waals surface area contributed by atoms with Gasteiger partial charge >= 0.3 is 11.9 Å². The number of esters is 2. The first-order valence-corrected chi connectivity index (χ1v) is 7.18. The average Bonchev–Trinajstić information content (AvgIpc) is 2.65. The second-order valence-corrected chi connectivity index (χ2v) is 5.02. The molecule has 1 heterocycles. The van der Waals surface area contributed by atoms with Gasteiger partial charge in [-0.3, -0.25) is 9.79 Å². The molecule has 0 bridgehead atoms. The first-order chi connectivity index (χ1) is 11.6. The Kier molecular flexibility index (Phi) is 5.57. The fourth-order valence-electron chi connectivity index (χ4n) is 2.64. The molecule has 0 aromatic heterocycles. The van der Waals surface area contributed by atoms with Gasteiger partial charge in [0.1, 0.15) is 5.92 Å². The van der Waals surface area contributed by atoms with Gasteiger partial charge in [-0.15, -0.1) is 0 Å². The van der Waals surface area contributed by atoms with Crippen LogP contribution >= 0.6 is 0 Å². The number of carbonyl (C=O) groups is 2. The van der Waals surface area contributed by atoms with E-state index in [1.165, 1.54) is 40.9 Å². The third-order valence-corrected chi connectivity index (χ3v) is 3.82. The summed E-state index contributed by atoms with van der Waals surface area (Å²) in [6, 6.07) is 5.19. The number of methoxy groups -OCH3 is 4. The SMILES string of the molecule is COC(=O)C1=CN=CC(C(=O)OC)C1c1ccc(OC)c(OC)c1. The summed E-state index contributed by atoms with van der Waals surface area (Å²) in [5.41, 5.74) is 0.952. The van der Waals surface area contributed by atoms with Crippen LogP contribution < -0.4 is 9.47 Å². The fourth-order valence-corrected chi connectivity index (χ4v) is 2.64. The number of ether oxygens (including phenoxy) is 4. The lowest BCUT2D eigenvalue weighted by molar-refractivity contribution is -0.143. The molecule has 2 unspecified atom stereocenters. The van der Waals surface area contributed by atoms with Crippen LogP contribution in [0.1, 0.15) is 11.5 Å². The zero-order valence-corrected chi connectivity index (χ0v) is 13.9. The van der Waals surface area contributed by atoms with Crippen LogP contribution in [-0.4, -0.2) is 46.6 Å². The first-order valence-electron chi connectivity index (χ1n) is 7.18. The molecule has 0 spiro atoms. The van der Waals surface area contributed by atoms with Gasteiger partial charge in [-0.2, -0.15) is 0 Å². The largest absolute Gasteiger partial charge is 0.493 e. The zero-order valence-electron chi connectivity index (χ0n) is 13.9. The lowest BCUT2D eigenvalue weighted by atomic mass is 9.79. The van der Waals surface area contributed by atoms with Crippen LogP contribution in [0, 0.1) is 5.92 Å². The molecule has 0 radical (unpaired) electrons. The molecule has 0 saturated heterocycles. The van der Waals surface area contributed by atoms with E-state index in [9.17, 15) is 9.59 Å². The molecule has 0 N–H and O–H groups in total. The zero-order chi connectivity index (χ0) is 17.7. The van der Waals surface area contributed by atoms with Crippen molar-refractivity contribution in [3.8, 4) is 11.5 Å². The third kappa shape index (κ3) is 3.24. The third-order valence-electron chi connectivity index (χ3n) is 3.82. The number of aliphatic imine (C=N–C) groups is 1. The summed E-state index contributed by atoms with van der Waals surface area (Å²) in [5.74, 6) is -1.35. The number of benzene rings is 1. The van der Waals surface area contributed by atoms with Crippen molar-refractivity contribution in [2.24, 2.45) is 10.9 Å². The summed E-state index contributed by atoms with van der Waals surface area (Å²) in [5, 5.41) is 0. The number of carbonyl (C=O) groups excluding carboxylic acids is 2. The van der Waals surface area contributed by atoms with Crippen molar-refractivity contribution < 1.29 is 28.5 Å². The lowest BCUT2D eigenvalue weighted by Gasteiger charge is -2.26. The number of rotatable bonds is 5. The molecule has 0 fully saturated rings. The molecular weight excluding hydrogens is 314 g/mol. The van der Waals surface area contributed by atoms with Gasteiger partial charge in [0.15, 0.2) is 11.5 Å². The minimum absolute atomic E-state index is 0.266. The fraction of sp³-hybridized carbons (Fsp3) is 0.353. The van der Waals surface area contributed by atoms with Crippen molar-refractivity contribution in [2.45, 2.75) is 5.92 Å². The highest BCUT2D eigenvalue weighted by atomic mass is 16.5. The molecule has 0 amide bonds. The molecule has 0 saturated carbocycles. The van der Waals surface area contributed by atoms with Gasteiger partial charge in [0, 0.05) is 18.3 Å². The predicted octanol–water partition coefficient (Wildman–Crippen LogP) is 1.72. The Labute approximate surface area is 139 Å². The van der Waals surface area contributed by atoms with Crippen molar-refractivity contribution >= 4 is 18.2 Å². The van der Waals surface area contributed by atoms with Crippen LogP contribution in [0.5, 0.6) is 11.5 Å². The smallest absolute Gasteiger partial charge is 0.335 e. The van der Waals surface area contributed by atoms with E-state index in [0.29, 0.717) is 17.1 Å². The van der Waals surface area contributed by atoms with Crippen molar-refractivity contribution in [3.63, 3.8) is 0 Å². The highest BCUT2D eigenvalue weighted by Gasteiger charge is 2.37. The summed E-state index contributed by atoms with van der Waals surface area (Å²) in [6.45, 7) is 0. The monoisotopic (exact) mass is 333 g/mol. The van der Waals surface area contributed by atoms with Crippen molar-refractivity contribution in [3.05, 3.63) is 35.5 Å². The van der Waals surface area contributed by atoms with Gasteiger partial charge in [-0.05, 0) is 17.7 Å². The molecule has 0 aliphatic carbocycles. The van der Waals surface area contributed by atoms with E-state index in [1.54, 1.807) is 18.2 Å². The molecule has 1 aliphatic rings. The van der Waals surface area contributed by atoms with E-state index in [-0.39, 0.29) is 5.57 Å². The molecule has 1 aromatic rings. The molecule has 128 valence electrons. The van der Waals surface area contributed by atoms with Crippen molar-refractivity contribution in [2.75, 3.05) is 28.4 Å². The minimum atomic E-state index is -0.743. The predicted molar refractivity (Wildman–Crippen MR) is 86.4 cm³/mol. The van der Waals surface area contributed by atoms with Crippen molar-refractivity contribution in [1.29, 1.82) is 0 Å². The summed E-state index contributed by atoms with van der Waals surface area (Å²) in [4.78, 5) is 28.2. The lowest BCUT2D eigenvalue weighted by Crippen LogP contribution is -2.31. The summed E-state index contributed by atoms with van der Waals surface area (Å²) in [6.07, 6.45) is 2.85. The minimum Gasteiger partial charge on any atom is -0.493 e. The van der Waals surface area contributed by atoms with E-state index < -0.39 is 23.8 Å². The maximum atomic E-state index is 12.1. The average molecular weight is 333 g/mol. The molecule has 24 heavy (non-hydrogen) atoms. The topological polar surface area (TPSA) is 83.4 Å². The molecule has 7 heteroatoms. The molecular formula is C17H19NO6. The van der Waals surface area contributed by atoms with Gasteiger partial charge < -0.3 is 18.9 Å². The first kappa shape index (κ1) is 17.5. The van der Waals surface area contributed by atoms with Crippen LogP contribution in [0.25, 0.3) is 0 Å². The Balaban J connectivity index is 2.54. The Morgan fingerprint density at radius 1 is 1.00 bits per heavy atom. The van der Waals surface area contributed by atoms with Gasteiger partial charge in [0.2, 0.25) is 0 Å². The van der Waals surface area contributed by atoms with Gasteiger partial charge in [0.05, 0.1) is 34.0 Å². The van der Waals surface area contributed by atoms with Crippen LogP contribution in [0.2, 0.25) is 0 Å². The highest BCUT2D eigenvalue weighted by Crippen LogP contribution is 2.39. The Morgan fingerprint density at radius 2 is 1.71 bits per heavy atom. The Morgan fingerprint density at radius 3 is 2.29 bits per heavy atom. The molecule has 2 atom stereocenters. The maximum absolute atomic E-state index is 12.1. The molecule has 7 nitrogen and oxygen atoms in total. The summed E-state index contributed by atoms with van der Waals surface area (Å²) < 4.78 is 20.2. The molecule has 1 aliphatic heterocycles. The van der Waals surface area contributed by atoms with E-state index in [1.807, 2.05) is 0 Å². The molecule has 1 aromatic carbocycles. The Bertz CT molecular complexity index is 694. The normalized spacial score (nSPS) is 19.2. The van der Waals surface area contributed by atoms with E-state index in [2.05, 4.69) is 4.99 Å². The van der Waals surface area contributed by atoms with Crippen molar-refractivity contribution in [1.82, 2.24) is 0 Å². The number of nitrogens with zero attached hydrogens (tertiary/aromatic N) is 1. The van der Waals surface area contributed by atoms with Gasteiger partial charge in [-0.25, -0.2) is 4.79 Å². The Hall–Kier alpha value is -2.83. The van der Waals surface area contributed by atoms with Gasteiger partial charge in [-0.1, -0.05) is 6.07 Å². The number of hydrogen-bond donors (Lipinski definition) is 0. The van der Waals surface area contributed by atoms with Crippen LogP contribution in [0.4, 0.5) is 0 Å². The van der Waals surface area contributed by atoms with Crippen LogP contribution in [0.15, 0.2) is 35.0 Å². The second kappa shape index (κ2) is 7.63. The maximum Gasteiger partial charge on any atom is 0.335 e. The highest BCUT2D eigenvalue weighted by molar-refractivity contribution is 5.99. The van der Waals surface area contributed by atoms with Crippen LogP contribution in [0.3, 0.4) is 0 Å². The second-order valence-electron chi connectivity index (χ2n) is 5.02. The summed E-state index contributed by atoms with van der Waals surface area (Å²) in [7, 11) is 5.61. The quantitative estimate of drug-likeness (QED) is 0.763. The van der Waals surface area contributed by atoms with E-state index in [0.717, 1.165) is 0 Å². The van der Waals surface area contributed by atoms with Gasteiger partial charge in [0.25, 0.3) is 0 Å². The van der Waals surface area contributed by atoms with Crippen LogP contribution in [-0.2, 0) is 19.1 Å².